The molecule has 1 aromatic heterocycles. The van der Waals surface area contributed by atoms with Crippen molar-refractivity contribution in [2.24, 2.45) is 0 Å². The van der Waals surface area contributed by atoms with E-state index >= 15 is 0 Å². The van der Waals surface area contributed by atoms with Gasteiger partial charge in [0.2, 0.25) is 0 Å². The first-order valence-electron chi connectivity index (χ1n) is 8.52. The number of hydrogen-bond donors (Lipinski definition) is 0. The highest BCUT2D eigenvalue weighted by Gasteiger charge is 2.20. The van der Waals surface area contributed by atoms with Gasteiger partial charge in [-0.05, 0) is 51.9 Å². The number of nitrogens with zero attached hydrogens (tertiary/aromatic N) is 3. The Balaban J connectivity index is 1.53. The van der Waals surface area contributed by atoms with Gasteiger partial charge >= 0.3 is 0 Å². The van der Waals surface area contributed by atoms with Gasteiger partial charge in [-0.1, -0.05) is 6.42 Å². The second kappa shape index (κ2) is 7.12. The molecule has 0 unspecified atom stereocenters. The summed E-state index contributed by atoms with van der Waals surface area (Å²) in [6.07, 6.45) is 4.19. The van der Waals surface area contributed by atoms with Gasteiger partial charge in [0.15, 0.2) is 0 Å². The Morgan fingerprint density at radius 3 is 2.33 bits per heavy atom. The Bertz CT molecular complexity index is 429. The lowest BCUT2D eigenvalue weighted by Crippen LogP contribution is -2.48. The minimum atomic E-state index is 0.685. The van der Waals surface area contributed by atoms with Crippen LogP contribution in [0.3, 0.4) is 0 Å². The van der Waals surface area contributed by atoms with Crippen LogP contribution in [0.5, 0.6) is 0 Å². The summed E-state index contributed by atoms with van der Waals surface area (Å²) in [4.78, 5) is 9.32. The van der Waals surface area contributed by atoms with Gasteiger partial charge in [0, 0.05) is 43.6 Å². The van der Waals surface area contributed by atoms with Crippen molar-refractivity contribution in [3.05, 3.63) is 17.0 Å². The van der Waals surface area contributed by atoms with Crippen LogP contribution in [-0.2, 0) is 6.54 Å². The van der Waals surface area contributed by atoms with E-state index in [1.807, 2.05) is 11.3 Å². The van der Waals surface area contributed by atoms with Crippen LogP contribution in [0, 0.1) is 0 Å². The van der Waals surface area contributed by atoms with Crippen LogP contribution < -0.4 is 4.90 Å². The third kappa shape index (κ3) is 3.99. The van der Waals surface area contributed by atoms with E-state index in [9.17, 15) is 0 Å². The van der Waals surface area contributed by atoms with E-state index in [1.54, 1.807) is 0 Å². The summed E-state index contributed by atoms with van der Waals surface area (Å²) in [5.41, 5.74) is 0. The number of piperidine rings is 1. The Morgan fingerprint density at radius 2 is 1.67 bits per heavy atom. The molecule has 4 heteroatoms. The van der Waals surface area contributed by atoms with E-state index < -0.39 is 0 Å². The molecule has 2 aliphatic heterocycles. The number of likely N-dealkylation sites (tertiary alicyclic amines) is 1. The van der Waals surface area contributed by atoms with Crippen molar-refractivity contribution in [2.45, 2.75) is 45.7 Å². The molecule has 118 valence electrons. The Morgan fingerprint density at radius 1 is 0.952 bits per heavy atom. The molecule has 1 aromatic rings. The average molecular weight is 308 g/mol. The van der Waals surface area contributed by atoms with E-state index in [-0.39, 0.29) is 0 Å². The van der Waals surface area contributed by atoms with Crippen molar-refractivity contribution < 1.29 is 0 Å². The number of rotatable bonds is 4. The fraction of sp³-hybridized carbons (Fsp3) is 0.765. The minimum absolute atomic E-state index is 0.685. The van der Waals surface area contributed by atoms with Crippen molar-refractivity contribution in [2.75, 3.05) is 44.2 Å². The fourth-order valence-electron chi connectivity index (χ4n) is 3.42. The second-order valence-corrected chi connectivity index (χ2v) is 7.84. The molecular formula is C17H29N3S. The highest BCUT2D eigenvalue weighted by Crippen LogP contribution is 2.28. The molecule has 3 rings (SSSR count). The number of thiophene rings is 1. The summed E-state index contributed by atoms with van der Waals surface area (Å²) in [6, 6.07) is 5.38. The van der Waals surface area contributed by atoms with Gasteiger partial charge < -0.3 is 4.90 Å². The molecule has 3 heterocycles. The molecule has 0 amide bonds. The van der Waals surface area contributed by atoms with Crippen LogP contribution in [0.15, 0.2) is 12.1 Å². The molecule has 0 atom stereocenters. The third-order valence-corrected chi connectivity index (χ3v) is 5.96. The van der Waals surface area contributed by atoms with Crippen molar-refractivity contribution in [3.8, 4) is 0 Å². The summed E-state index contributed by atoms with van der Waals surface area (Å²) in [5.74, 6) is 0. The number of anilines is 1. The van der Waals surface area contributed by atoms with Gasteiger partial charge in [0.25, 0.3) is 0 Å². The van der Waals surface area contributed by atoms with E-state index in [4.69, 9.17) is 0 Å². The van der Waals surface area contributed by atoms with Crippen molar-refractivity contribution in [1.29, 1.82) is 0 Å². The zero-order chi connectivity index (χ0) is 14.7. The smallest absolute Gasteiger partial charge is 0.0912 e. The zero-order valence-electron chi connectivity index (χ0n) is 13.6. The maximum Gasteiger partial charge on any atom is 0.0912 e. The highest BCUT2D eigenvalue weighted by molar-refractivity contribution is 7.16. The molecule has 0 bridgehead atoms. The van der Waals surface area contributed by atoms with Crippen molar-refractivity contribution >= 4 is 16.3 Å². The first kappa shape index (κ1) is 15.3. The highest BCUT2D eigenvalue weighted by atomic mass is 32.1. The molecule has 3 nitrogen and oxygen atoms in total. The van der Waals surface area contributed by atoms with Gasteiger partial charge in [-0.3, -0.25) is 9.80 Å². The monoisotopic (exact) mass is 307 g/mol. The summed E-state index contributed by atoms with van der Waals surface area (Å²) in [7, 11) is 0. The topological polar surface area (TPSA) is 9.72 Å². The van der Waals surface area contributed by atoms with Crippen molar-refractivity contribution in [3.63, 3.8) is 0 Å². The van der Waals surface area contributed by atoms with Gasteiger partial charge in [-0.15, -0.1) is 11.3 Å². The molecule has 0 N–H and O–H groups in total. The molecule has 2 fully saturated rings. The normalized spacial score (nSPS) is 22.1. The predicted octanol–water partition coefficient (Wildman–Crippen LogP) is 3.26. The van der Waals surface area contributed by atoms with Crippen molar-refractivity contribution in [1.82, 2.24) is 9.80 Å². The van der Waals surface area contributed by atoms with Gasteiger partial charge in [0.05, 0.1) is 5.00 Å². The second-order valence-electron chi connectivity index (χ2n) is 6.69. The summed E-state index contributed by atoms with van der Waals surface area (Å²) in [6.45, 7) is 13.1. The molecule has 0 spiro atoms. The van der Waals surface area contributed by atoms with Gasteiger partial charge in [-0.2, -0.15) is 0 Å². The van der Waals surface area contributed by atoms with Crippen LogP contribution in [0.2, 0.25) is 0 Å². The number of piperazine rings is 1. The predicted molar refractivity (Wildman–Crippen MR) is 92.4 cm³/mol. The van der Waals surface area contributed by atoms with Crippen LogP contribution >= 0.6 is 11.3 Å². The summed E-state index contributed by atoms with van der Waals surface area (Å²) >= 11 is 2.01. The van der Waals surface area contributed by atoms with Crippen LogP contribution in [0.25, 0.3) is 0 Å². The maximum absolute atomic E-state index is 2.62. The third-order valence-electron chi connectivity index (χ3n) is 4.83. The lowest BCUT2D eigenvalue weighted by Gasteiger charge is -2.37. The SMILES string of the molecule is CC(C)N1CCN(c2ccc(CN3CCCCC3)s2)CC1. The van der Waals surface area contributed by atoms with E-state index in [2.05, 4.69) is 40.7 Å². The standard InChI is InChI=1S/C17H29N3S/c1-15(2)19-10-12-20(13-11-19)17-7-6-16(21-17)14-18-8-4-3-5-9-18/h6-7,15H,3-5,8-14H2,1-2H3. The number of hydrogen-bond acceptors (Lipinski definition) is 4. The first-order chi connectivity index (χ1) is 10.2. The van der Waals surface area contributed by atoms with E-state index in [1.165, 1.54) is 68.4 Å². The Hall–Kier alpha value is -0.580. The maximum atomic E-state index is 2.62. The molecule has 2 aliphatic rings. The molecule has 0 aromatic carbocycles. The quantitative estimate of drug-likeness (QED) is 0.845. The van der Waals surface area contributed by atoms with Gasteiger partial charge in [0.1, 0.15) is 0 Å². The zero-order valence-corrected chi connectivity index (χ0v) is 14.4. The Labute approximate surface area is 133 Å². The van der Waals surface area contributed by atoms with Crippen LogP contribution in [0.4, 0.5) is 5.00 Å². The summed E-state index contributed by atoms with van der Waals surface area (Å²) < 4.78 is 0. The lowest BCUT2D eigenvalue weighted by atomic mass is 10.1. The van der Waals surface area contributed by atoms with Crippen LogP contribution in [0.1, 0.15) is 38.0 Å². The minimum Gasteiger partial charge on any atom is -0.361 e. The molecular weight excluding hydrogens is 278 g/mol. The van der Waals surface area contributed by atoms with E-state index in [0.29, 0.717) is 6.04 Å². The van der Waals surface area contributed by atoms with Crippen LogP contribution in [-0.4, -0.2) is 55.1 Å². The fourth-order valence-corrected chi connectivity index (χ4v) is 4.52. The average Bonchev–Trinajstić information content (AvgIpc) is 2.97. The molecule has 0 saturated carbocycles. The van der Waals surface area contributed by atoms with E-state index in [0.717, 1.165) is 6.54 Å². The largest absolute Gasteiger partial charge is 0.361 e. The first-order valence-corrected chi connectivity index (χ1v) is 9.34. The molecule has 0 radical (unpaired) electrons. The molecule has 0 aliphatic carbocycles. The Kier molecular flexibility index (Phi) is 5.19. The molecule has 21 heavy (non-hydrogen) atoms. The lowest BCUT2D eigenvalue weighted by molar-refractivity contribution is 0.210. The molecule has 2 saturated heterocycles. The van der Waals surface area contributed by atoms with Gasteiger partial charge in [-0.25, -0.2) is 0 Å². The summed E-state index contributed by atoms with van der Waals surface area (Å²) in [5, 5.41) is 1.48.